The molecular weight excluding hydrogens is 359 g/mol. The van der Waals surface area contributed by atoms with Crippen molar-refractivity contribution in [1.82, 2.24) is 4.90 Å². The molecule has 2 N–H and O–H groups in total. The Balaban J connectivity index is 1.63. The summed E-state index contributed by atoms with van der Waals surface area (Å²) in [6.45, 7) is 2.97. The highest BCUT2D eigenvalue weighted by Crippen LogP contribution is 2.33. The van der Waals surface area contributed by atoms with Gasteiger partial charge in [0.25, 0.3) is 0 Å². The molecule has 0 aromatic heterocycles. The Morgan fingerprint density at radius 1 is 1.12 bits per heavy atom. The van der Waals surface area contributed by atoms with Crippen molar-refractivity contribution in [2.45, 2.75) is 25.4 Å². The van der Waals surface area contributed by atoms with Crippen LogP contribution in [0.3, 0.4) is 0 Å². The maximum atomic E-state index is 12.4. The van der Waals surface area contributed by atoms with Crippen LogP contribution in [0.2, 0.25) is 10.0 Å². The summed E-state index contributed by atoms with van der Waals surface area (Å²) in [6, 6.07) is 12.7. The quantitative estimate of drug-likeness (QED) is 0.786. The van der Waals surface area contributed by atoms with Gasteiger partial charge in [-0.15, -0.1) is 0 Å². The van der Waals surface area contributed by atoms with E-state index in [9.17, 15) is 9.90 Å². The Morgan fingerprint density at radius 3 is 2.48 bits per heavy atom. The summed E-state index contributed by atoms with van der Waals surface area (Å²) >= 11 is 11.9. The van der Waals surface area contributed by atoms with E-state index in [0.717, 1.165) is 11.1 Å². The van der Waals surface area contributed by atoms with Gasteiger partial charge in [0.05, 0.1) is 15.6 Å². The largest absolute Gasteiger partial charge is 0.385 e. The van der Waals surface area contributed by atoms with Crippen molar-refractivity contribution >= 4 is 34.9 Å². The number of benzene rings is 2. The van der Waals surface area contributed by atoms with Gasteiger partial charge in [-0.05, 0) is 43.5 Å². The van der Waals surface area contributed by atoms with Gasteiger partial charge in [0, 0.05) is 18.8 Å². The number of anilines is 1. The van der Waals surface area contributed by atoms with Gasteiger partial charge >= 0.3 is 6.03 Å². The number of hydrogen-bond donors (Lipinski definition) is 2. The van der Waals surface area contributed by atoms with E-state index in [2.05, 4.69) is 5.32 Å². The van der Waals surface area contributed by atoms with Crippen molar-refractivity contribution in [3.63, 3.8) is 0 Å². The van der Waals surface area contributed by atoms with Crippen molar-refractivity contribution in [2.24, 2.45) is 0 Å². The number of piperidine rings is 1. The topological polar surface area (TPSA) is 52.6 Å². The van der Waals surface area contributed by atoms with Crippen LogP contribution < -0.4 is 5.32 Å². The van der Waals surface area contributed by atoms with E-state index in [-0.39, 0.29) is 6.03 Å². The van der Waals surface area contributed by atoms with Crippen LogP contribution in [0.5, 0.6) is 0 Å². The lowest BCUT2D eigenvalue weighted by molar-refractivity contribution is -0.0157. The predicted molar refractivity (Wildman–Crippen MR) is 101 cm³/mol. The molecule has 0 saturated carbocycles. The standard InChI is InChI=1S/C19H20Cl2N2O2/c1-13-3-2-4-14(11-13)19(25)7-9-23(10-8-19)18(24)22-15-5-6-16(20)17(21)12-15/h2-6,11-12,25H,7-10H2,1H3,(H,22,24). The highest BCUT2D eigenvalue weighted by atomic mass is 35.5. The lowest BCUT2D eigenvalue weighted by Gasteiger charge is -2.38. The Labute approximate surface area is 157 Å². The Hall–Kier alpha value is -1.75. The Bertz CT molecular complexity index is 787. The lowest BCUT2D eigenvalue weighted by Crippen LogP contribution is -2.46. The second-order valence-corrected chi connectivity index (χ2v) is 7.26. The number of carbonyl (C=O) groups excluding carboxylic acids is 1. The van der Waals surface area contributed by atoms with Crippen molar-refractivity contribution in [3.8, 4) is 0 Å². The van der Waals surface area contributed by atoms with Gasteiger partial charge in [-0.2, -0.15) is 0 Å². The average molecular weight is 379 g/mol. The first-order chi connectivity index (χ1) is 11.9. The number of hydrogen-bond acceptors (Lipinski definition) is 2. The first-order valence-electron chi connectivity index (χ1n) is 8.18. The van der Waals surface area contributed by atoms with E-state index in [1.54, 1.807) is 23.1 Å². The third kappa shape index (κ3) is 4.09. The van der Waals surface area contributed by atoms with E-state index < -0.39 is 5.60 Å². The summed E-state index contributed by atoms with van der Waals surface area (Å²) in [5.74, 6) is 0. The van der Waals surface area contributed by atoms with Crippen LogP contribution in [0.1, 0.15) is 24.0 Å². The summed E-state index contributed by atoms with van der Waals surface area (Å²) < 4.78 is 0. The normalized spacial score (nSPS) is 16.6. The Morgan fingerprint density at radius 2 is 1.84 bits per heavy atom. The number of halogens is 2. The number of nitrogens with one attached hydrogen (secondary N) is 1. The number of carbonyl (C=O) groups is 1. The van der Waals surface area contributed by atoms with Gasteiger partial charge in [0.15, 0.2) is 0 Å². The van der Waals surface area contributed by atoms with Crippen LogP contribution >= 0.6 is 23.2 Å². The maximum absolute atomic E-state index is 12.4. The summed E-state index contributed by atoms with van der Waals surface area (Å²) in [5, 5.41) is 14.6. The first kappa shape index (κ1) is 18.1. The molecule has 2 aromatic rings. The van der Waals surface area contributed by atoms with Crippen LogP contribution in [-0.4, -0.2) is 29.1 Å². The molecule has 1 saturated heterocycles. The molecule has 0 unspecified atom stereocenters. The van der Waals surface area contributed by atoms with Gasteiger partial charge in [-0.1, -0.05) is 53.0 Å². The number of nitrogens with zero attached hydrogens (tertiary/aromatic N) is 1. The first-order valence-corrected chi connectivity index (χ1v) is 8.93. The van der Waals surface area contributed by atoms with Crippen LogP contribution in [0.4, 0.5) is 10.5 Å². The van der Waals surface area contributed by atoms with Gasteiger partial charge in [0.2, 0.25) is 0 Å². The van der Waals surface area contributed by atoms with Crippen molar-refractivity contribution in [1.29, 1.82) is 0 Å². The molecule has 4 nitrogen and oxygen atoms in total. The molecule has 6 heteroatoms. The van der Waals surface area contributed by atoms with Crippen LogP contribution in [0.15, 0.2) is 42.5 Å². The Kier molecular flexibility index (Phi) is 5.23. The minimum Gasteiger partial charge on any atom is -0.385 e. The molecule has 3 rings (SSSR count). The molecule has 25 heavy (non-hydrogen) atoms. The molecule has 0 radical (unpaired) electrons. The van der Waals surface area contributed by atoms with Crippen molar-refractivity contribution in [3.05, 3.63) is 63.6 Å². The second-order valence-electron chi connectivity index (χ2n) is 6.45. The van der Waals surface area contributed by atoms with Crippen LogP contribution in [0, 0.1) is 6.92 Å². The number of rotatable bonds is 2. The lowest BCUT2D eigenvalue weighted by atomic mass is 9.84. The highest BCUT2D eigenvalue weighted by Gasteiger charge is 2.35. The molecule has 0 atom stereocenters. The molecule has 0 bridgehead atoms. The minimum atomic E-state index is -0.883. The monoisotopic (exact) mass is 378 g/mol. The third-order valence-electron chi connectivity index (χ3n) is 4.60. The molecule has 1 fully saturated rings. The van der Waals surface area contributed by atoms with Crippen molar-refractivity contribution < 1.29 is 9.90 Å². The summed E-state index contributed by atoms with van der Waals surface area (Å²) in [4.78, 5) is 14.1. The molecule has 0 spiro atoms. The molecule has 1 aliphatic rings. The predicted octanol–water partition coefficient (Wildman–Crippen LogP) is 4.82. The van der Waals surface area contributed by atoms with E-state index in [1.807, 2.05) is 31.2 Å². The van der Waals surface area contributed by atoms with E-state index in [0.29, 0.717) is 41.7 Å². The van der Waals surface area contributed by atoms with Crippen LogP contribution in [-0.2, 0) is 5.60 Å². The smallest absolute Gasteiger partial charge is 0.321 e. The minimum absolute atomic E-state index is 0.204. The van der Waals surface area contributed by atoms with E-state index >= 15 is 0 Å². The van der Waals surface area contributed by atoms with Gasteiger partial charge in [-0.25, -0.2) is 4.79 Å². The third-order valence-corrected chi connectivity index (χ3v) is 5.34. The zero-order valence-corrected chi connectivity index (χ0v) is 15.4. The zero-order chi connectivity index (χ0) is 18.0. The number of aliphatic hydroxyl groups is 1. The molecule has 1 aliphatic heterocycles. The molecule has 132 valence electrons. The van der Waals surface area contributed by atoms with Gasteiger partial charge in [0.1, 0.15) is 0 Å². The van der Waals surface area contributed by atoms with E-state index in [4.69, 9.17) is 23.2 Å². The second kappa shape index (κ2) is 7.24. The van der Waals surface area contributed by atoms with E-state index in [1.165, 1.54) is 0 Å². The fourth-order valence-corrected chi connectivity index (χ4v) is 3.38. The highest BCUT2D eigenvalue weighted by molar-refractivity contribution is 6.42. The van der Waals surface area contributed by atoms with Crippen LogP contribution in [0.25, 0.3) is 0 Å². The SMILES string of the molecule is Cc1cccc(C2(O)CCN(C(=O)Nc3ccc(Cl)c(Cl)c3)CC2)c1. The zero-order valence-electron chi connectivity index (χ0n) is 13.9. The van der Waals surface area contributed by atoms with Gasteiger partial charge in [-0.3, -0.25) is 0 Å². The summed E-state index contributed by atoms with van der Waals surface area (Å²) in [6.07, 6.45) is 1.01. The molecular formula is C19H20Cl2N2O2. The molecule has 1 heterocycles. The maximum Gasteiger partial charge on any atom is 0.321 e. The number of likely N-dealkylation sites (tertiary alicyclic amines) is 1. The number of amides is 2. The summed E-state index contributed by atoms with van der Waals surface area (Å²) in [7, 11) is 0. The number of urea groups is 1. The van der Waals surface area contributed by atoms with Gasteiger partial charge < -0.3 is 15.3 Å². The average Bonchev–Trinajstić information content (AvgIpc) is 2.59. The van der Waals surface area contributed by atoms with Crippen molar-refractivity contribution in [2.75, 3.05) is 18.4 Å². The number of aryl methyl sites for hydroxylation is 1. The molecule has 2 aromatic carbocycles. The molecule has 2 amide bonds. The molecule has 0 aliphatic carbocycles. The fourth-order valence-electron chi connectivity index (χ4n) is 3.08. The summed E-state index contributed by atoms with van der Waals surface area (Å²) in [5.41, 5.74) is 1.74. The fraction of sp³-hybridized carbons (Fsp3) is 0.316.